The Kier molecular flexibility index (Phi) is 6.56. The lowest BCUT2D eigenvalue weighted by atomic mass is 10.1. The Morgan fingerprint density at radius 2 is 2.04 bits per heavy atom. The zero-order valence-electron chi connectivity index (χ0n) is 15.5. The summed E-state index contributed by atoms with van der Waals surface area (Å²) in [4.78, 5) is 42.3. The fraction of sp³-hybridized carbons (Fsp3) is 0.389. The van der Waals surface area contributed by atoms with E-state index in [-0.39, 0.29) is 22.8 Å². The highest BCUT2D eigenvalue weighted by molar-refractivity contribution is 6.34. The maximum Gasteiger partial charge on any atom is 0.265 e. The minimum atomic E-state index is -0.811. The van der Waals surface area contributed by atoms with E-state index < -0.39 is 29.6 Å². The van der Waals surface area contributed by atoms with Gasteiger partial charge in [-0.25, -0.2) is 14.8 Å². The molecule has 146 valence electrons. The minimum absolute atomic E-state index is 0.00819. The van der Waals surface area contributed by atoms with Gasteiger partial charge in [-0.2, -0.15) is 0 Å². The summed E-state index contributed by atoms with van der Waals surface area (Å²) in [5.41, 5.74) is 3.27. The molecule has 0 aliphatic carbocycles. The van der Waals surface area contributed by atoms with Crippen LogP contribution in [0.2, 0.25) is 5.02 Å². The Hall–Kier alpha value is -2.45. The Morgan fingerprint density at radius 3 is 2.59 bits per heavy atom. The summed E-state index contributed by atoms with van der Waals surface area (Å²) < 4.78 is 14.4. The van der Waals surface area contributed by atoms with Gasteiger partial charge >= 0.3 is 0 Å². The van der Waals surface area contributed by atoms with Gasteiger partial charge in [-0.1, -0.05) is 17.2 Å². The molecule has 1 aliphatic heterocycles. The summed E-state index contributed by atoms with van der Waals surface area (Å²) in [5.74, 6) is -2.35. The largest absolute Gasteiger partial charge is 0.373 e. The predicted octanol–water partition coefficient (Wildman–Crippen LogP) is 2.95. The van der Waals surface area contributed by atoms with Crippen LogP contribution in [0.3, 0.4) is 0 Å². The maximum atomic E-state index is 14.4. The molecule has 9 heteroatoms. The molecule has 1 aromatic carbocycles. The molecule has 0 saturated carbocycles. The average molecular weight is 398 g/mol. The number of amides is 3. The van der Waals surface area contributed by atoms with Gasteiger partial charge in [-0.15, -0.1) is 0 Å². The molecule has 1 aromatic rings. The van der Waals surface area contributed by atoms with Crippen LogP contribution in [0.15, 0.2) is 23.3 Å². The zero-order valence-corrected chi connectivity index (χ0v) is 16.2. The zero-order chi connectivity index (χ0) is 20.3. The van der Waals surface area contributed by atoms with E-state index in [0.717, 1.165) is 11.0 Å². The van der Waals surface area contributed by atoms with Crippen LogP contribution in [-0.2, 0) is 19.2 Å². The van der Waals surface area contributed by atoms with Crippen molar-refractivity contribution in [3.8, 4) is 0 Å². The number of benzene rings is 1. The predicted molar refractivity (Wildman–Crippen MR) is 99.7 cm³/mol. The summed E-state index contributed by atoms with van der Waals surface area (Å²) in [5, 5.41) is 2.83. The topological polar surface area (TPSA) is 87.7 Å². The second-order valence-electron chi connectivity index (χ2n) is 6.24. The summed E-state index contributed by atoms with van der Waals surface area (Å²) in [6.07, 6.45) is -0.0842. The second-order valence-corrected chi connectivity index (χ2v) is 6.65. The number of carbonyl (C=O) groups is 3. The lowest BCUT2D eigenvalue weighted by Gasteiger charge is -2.20. The number of halogens is 2. The quantitative estimate of drug-likeness (QED) is 0.438. The van der Waals surface area contributed by atoms with E-state index in [0.29, 0.717) is 17.8 Å². The molecule has 0 radical (unpaired) electrons. The molecule has 0 bridgehead atoms. The Labute approximate surface area is 161 Å². The number of rotatable bonds is 6. The van der Waals surface area contributed by atoms with E-state index >= 15 is 0 Å². The second kappa shape index (κ2) is 8.49. The van der Waals surface area contributed by atoms with Gasteiger partial charge in [0.2, 0.25) is 5.91 Å². The van der Waals surface area contributed by atoms with Crippen LogP contribution in [-0.4, -0.2) is 30.4 Å². The molecular formula is C18H21ClFN3O4. The van der Waals surface area contributed by atoms with Crippen LogP contribution in [0.4, 0.5) is 15.8 Å². The number of nitrogens with one attached hydrogen (secondary N) is 2. The average Bonchev–Trinajstić information content (AvgIpc) is 2.90. The van der Waals surface area contributed by atoms with Crippen LogP contribution in [0.25, 0.3) is 0 Å². The molecule has 3 amide bonds. The van der Waals surface area contributed by atoms with Crippen molar-refractivity contribution >= 4 is 40.7 Å². The Morgan fingerprint density at radius 1 is 1.37 bits per heavy atom. The molecule has 2 rings (SSSR count). The number of allylic oxidation sites excluding steroid dienone is 1. The first-order valence-electron chi connectivity index (χ1n) is 8.38. The van der Waals surface area contributed by atoms with Crippen molar-refractivity contribution in [1.82, 2.24) is 5.48 Å². The lowest BCUT2D eigenvalue weighted by Crippen LogP contribution is -2.37. The van der Waals surface area contributed by atoms with Gasteiger partial charge in [0.25, 0.3) is 11.8 Å². The van der Waals surface area contributed by atoms with Crippen molar-refractivity contribution < 1.29 is 23.6 Å². The third kappa shape index (κ3) is 4.45. The Balaban J connectivity index is 2.34. The molecule has 1 fully saturated rings. The number of carbonyl (C=O) groups excluding carboxylic acids is 3. The Bertz CT molecular complexity index is 821. The SMILES string of the molecule is CCONC(=O)C(C)Nc1cc(N2C(=O)CC(=C(C)C)C2=O)c(F)cc1Cl. The van der Waals surface area contributed by atoms with Crippen LogP contribution >= 0.6 is 11.6 Å². The lowest BCUT2D eigenvalue weighted by molar-refractivity contribution is -0.133. The number of hydroxylamine groups is 1. The summed E-state index contributed by atoms with van der Waals surface area (Å²) in [6, 6.07) is 1.48. The molecule has 0 spiro atoms. The summed E-state index contributed by atoms with van der Waals surface area (Å²) in [6.45, 7) is 7.00. The fourth-order valence-electron chi connectivity index (χ4n) is 2.54. The van der Waals surface area contributed by atoms with Gasteiger partial charge in [-0.3, -0.25) is 19.2 Å². The minimum Gasteiger partial charge on any atom is -0.373 e. The molecule has 1 atom stereocenters. The first-order valence-corrected chi connectivity index (χ1v) is 8.76. The van der Waals surface area contributed by atoms with Crippen molar-refractivity contribution in [3.63, 3.8) is 0 Å². The van der Waals surface area contributed by atoms with Crippen molar-refractivity contribution in [3.05, 3.63) is 34.1 Å². The molecule has 2 N–H and O–H groups in total. The smallest absolute Gasteiger partial charge is 0.265 e. The highest BCUT2D eigenvalue weighted by Gasteiger charge is 2.37. The van der Waals surface area contributed by atoms with E-state index in [1.54, 1.807) is 27.7 Å². The molecule has 7 nitrogen and oxygen atoms in total. The van der Waals surface area contributed by atoms with Gasteiger partial charge in [0.1, 0.15) is 11.9 Å². The van der Waals surface area contributed by atoms with E-state index in [2.05, 4.69) is 10.8 Å². The number of hydrogen-bond donors (Lipinski definition) is 2. The number of nitrogens with zero attached hydrogens (tertiary/aromatic N) is 1. The monoisotopic (exact) mass is 397 g/mol. The fourth-order valence-corrected chi connectivity index (χ4v) is 2.74. The van der Waals surface area contributed by atoms with Crippen molar-refractivity contribution in [2.75, 3.05) is 16.8 Å². The van der Waals surface area contributed by atoms with E-state index in [1.165, 1.54) is 6.07 Å². The van der Waals surface area contributed by atoms with Crippen molar-refractivity contribution in [2.45, 2.75) is 40.2 Å². The number of hydrogen-bond acceptors (Lipinski definition) is 5. The van der Waals surface area contributed by atoms with Gasteiger partial charge in [0.15, 0.2) is 0 Å². The molecule has 0 aromatic heterocycles. The van der Waals surface area contributed by atoms with E-state index in [9.17, 15) is 18.8 Å². The number of anilines is 2. The van der Waals surface area contributed by atoms with Crippen LogP contribution in [0.1, 0.15) is 34.1 Å². The van der Waals surface area contributed by atoms with Crippen LogP contribution < -0.4 is 15.7 Å². The number of imide groups is 1. The normalized spacial score (nSPS) is 15.2. The van der Waals surface area contributed by atoms with Crippen LogP contribution in [0, 0.1) is 5.82 Å². The third-order valence-electron chi connectivity index (χ3n) is 4.00. The summed E-state index contributed by atoms with van der Waals surface area (Å²) in [7, 11) is 0. The van der Waals surface area contributed by atoms with E-state index in [1.807, 2.05) is 0 Å². The van der Waals surface area contributed by atoms with Crippen molar-refractivity contribution in [2.24, 2.45) is 0 Å². The van der Waals surface area contributed by atoms with Crippen LogP contribution in [0.5, 0.6) is 0 Å². The molecule has 1 saturated heterocycles. The highest BCUT2D eigenvalue weighted by atomic mass is 35.5. The highest BCUT2D eigenvalue weighted by Crippen LogP contribution is 2.35. The first kappa shape index (κ1) is 20.9. The standard InChI is InChI=1S/C18H21ClFN3O4/c1-5-27-22-17(25)10(4)21-14-8-15(13(20)7-12(14)19)23-16(24)6-11(9(2)3)18(23)26/h7-8,10,21H,5-6H2,1-4H3,(H,22,25). The molecule has 27 heavy (non-hydrogen) atoms. The van der Waals surface area contributed by atoms with Gasteiger partial charge in [0.05, 0.1) is 29.4 Å². The molecular weight excluding hydrogens is 377 g/mol. The summed E-state index contributed by atoms with van der Waals surface area (Å²) >= 11 is 6.05. The first-order chi connectivity index (χ1) is 12.7. The van der Waals surface area contributed by atoms with E-state index in [4.69, 9.17) is 16.4 Å². The third-order valence-corrected chi connectivity index (χ3v) is 4.31. The molecule has 1 heterocycles. The molecule has 1 aliphatic rings. The van der Waals surface area contributed by atoms with Gasteiger partial charge in [0, 0.05) is 5.57 Å². The molecule has 1 unspecified atom stereocenters. The van der Waals surface area contributed by atoms with Crippen molar-refractivity contribution in [1.29, 1.82) is 0 Å². The maximum absolute atomic E-state index is 14.4. The van der Waals surface area contributed by atoms with Gasteiger partial charge < -0.3 is 5.32 Å². The van der Waals surface area contributed by atoms with Gasteiger partial charge in [-0.05, 0) is 39.8 Å².